The summed E-state index contributed by atoms with van der Waals surface area (Å²) in [4.78, 5) is 10.9. The summed E-state index contributed by atoms with van der Waals surface area (Å²) in [6.45, 7) is 1.94. The van der Waals surface area contributed by atoms with E-state index in [1.54, 1.807) is 19.1 Å². The quantitative estimate of drug-likeness (QED) is 0.609. The van der Waals surface area contributed by atoms with Crippen LogP contribution < -0.4 is 4.74 Å². The van der Waals surface area contributed by atoms with Gasteiger partial charge in [-0.25, -0.2) is 4.79 Å². The van der Waals surface area contributed by atoms with Crippen molar-refractivity contribution in [3.63, 3.8) is 0 Å². The summed E-state index contributed by atoms with van der Waals surface area (Å²) in [6, 6.07) is 7.25. The van der Waals surface area contributed by atoms with Crippen LogP contribution in [0.25, 0.3) is 6.08 Å². The van der Waals surface area contributed by atoms with Gasteiger partial charge in [0.1, 0.15) is 5.75 Å². The highest BCUT2D eigenvalue weighted by Crippen LogP contribution is 2.21. The summed E-state index contributed by atoms with van der Waals surface area (Å²) in [7, 11) is 1.53. The summed E-state index contributed by atoms with van der Waals surface area (Å²) < 4.78 is 10.2. The van der Waals surface area contributed by atoms with Gasteiger partial charge in [-0.2, -0.15) is 0 Å². The molecule has 0 saturated carbocycles. The molecule has 0 bridgehead atoms. The van der Waals surface area contributed by atoms with Crippen LogP contribution in [0.4, 0.5) is 0 Å². The molecule has 1 aromatic rings. The zero-order valence-electron chi connectivity index (χ0n) is 9.97. The van der Waals surface area contributed by atoms with E-state index in [9.17, 15) is 4.79 Å². The fraction of sp³-hybridized carbons (Fsp3) is 0.308. The number of carboxylic acid groups (broad SMARTS) is 1. The molecule has 0 aromatic heterocycles. The lowest BCUT2D eigenvalue weighted by Gasteiger charge is -2.08. The average Bonchev–Trinajstić information content (AvgIpc) is 2.34. The predicted octanol–water partition coefficient (Wildman–Crippen LogP) is 2.55. The third-order valence-electron chi connectivity index (χ3n) is 2.24. The van der Waals surface area contributed by atoms with Crippen molar-refractivity contribution >= 4 is 12.0 Å². The van der Waals surface area contributed by atoms with Crippen LogP contribution in [0.2, 0.25) is 0 Å². The highest BCUT2D eigenvalue weighted by atomic mass is 16.7. The van der Waals surface area contributed by atoms with Crippen LogP contribution in [-0.2, 0) is 9.53 Å². The molecule has 0 spiro atoms. The Morgan fingerprint density at radius 1 is 1.41 bits per heavy atom. The number of methoxy groups -OCH3 is 1. The van der Waals surface area contributed by atoms with E-state index in [4.69, 9.17) is 14.6 Å². The number of aliphatic carboxylic acids is 1. The van der Waals surface area contributed by atoms with Gasteiger partial charge in [0, 0.05) is 18.2 Å². The van der Waals surface area contributed by atoms with Crippen LogP contribution in [0.15, 0.2) is 29.8 Å². The van der Waals surface area contributed by atoms with Crippen molar-refractivity contribution < 1.29 is 19.4 Å². The van der Waals surface area contributed by atoms with Crippen molar-refractivity contribution in [3.05, 3.63) is 35.4 Å². The molecule has 4 nitrogen and oxygen atoms in total. The van der Waals surface area contributed by atoms with Crippen LogP contribution in [0.3, 0.4) is 0 Å². The van der Waals surface area contributed by atoms with Crippen LogP contribution in [0.1, 0.15) is 18.9 Å². The van der Waals surface area contributed by atoms with E-state index in [2.05, 4.69) is 0 Å². The van der Waals surface area contributed by atoms with E-state index >= 15 is 0 Å². The van der Waals surface area contributed by atoms with Crippen molar-refractivity contribution in [2.45, 2.75) is 13.3 Å². The number of carboxylic acids is 1. The Hall–Kier alpha value is -1.81. The highest BCUT2D eigenvalue weighted by Gasteiger charge is 2.07. The summed E-state index contributed by atoms with van der Waals surface area (Å²) >= 11 is 0. The molecule has 0 aliphatic rings. The number of hydrogen-bond donors (Lipinski definition) is 1. The molecule has 0 aliphatic heterocycles. The molecule has 1 aromatic carbocycles. The Morgan fingerprint density at radius 3 is 2.71 bits per heavy atom. The highest BCUT2D eigenvalue weighted by molar-refractivity contribution is 5.92. The van der Waals surface area contributed by atoms with Gasteiger partial charge in [0.25, 0.3) is 0 Å². The molecular formula is C13H16O4. The fourth-order valence-corrected chi connectivity index (χ4v) is 1.36. The first-order chi connectivity index (χ1) is 8.19. The van der Waals surface area contributed by atoms with E-state index in [1.165, 1.54) is 7.11 Å². The van der Waals surface area contributed by atoms with Gasteiger partial charge >= 0.3 is 5.97 Å². The normalized spacial score (nSPS) is 11.3. The molecule has 1 N–H and O–H groups in total. The van der Waals surface area contributed by atoms with Crippen molar-refractivity contribution in [1.29, 1.82) is 0 Å². The van der Waals surface area contributed by atoms with Crippen LogP contribution in [-0.4, -0.2) is 25.0 Å². The van der Waals surface area contributed by atoms with E-state index in [0.717, 1.165) is 5.56 Å². The second-order valence-corrected chi connectivity index (χ2v) is 3.42. The Balaban J connectivity index is 3.00. The number of hydrogen-bond acceptors (Lipinski definition) is 3. The number of rotatable bonds is 6. The molecule has 1 rings (SSSR count). The Kier molecular flexibility index (Phi) is 5.23. The van der Waals surface area contributed by atoms with Gasteiger partial charge in [0.05, 0.1) is 0 Å². The number of ether oxygens (including phenoxy) is 2. The molecule has 4 heteroatoms. The fourth-order valence-electron chi connectivity index (χ4n) is 1.36. The molecule has 0 unspecified atom stereocenters. The second kappa shape index (κ2) is 6.70. The monoisotopic (exact) mass is 236 g/mol. The molecule has 0 heterocycles. The molecule has 0 atom stereocenters. The molecule has 0 saturated heterocycles. The first-order valence-electron chi connectivity index (χ1n) is 5.33. The lowest BCUT2D eigenvalue weighted by Crippen LogP contribution is -2.02. The minimum absolute atomic E-state index is 0.138. The second-order valence-electron chi connectivity index (χ2n) is 3.42. The Morgan fingerprint density at radius 2 is 2.12 bits per heavy atom. The van der Waals surface area contributed by atoms with Crippen LogP contribution in [0.5, 0.6) is 5.75 Å². The zero-order valence-corrected chi connectivity index (χ0v) is 9.97. The smallest absolute Gasteiger partial charge is 0.331 e. The topological polar surface area (TPSA) is 55.8 Å². The summed E-state index contributed by atoms with van der Waals surface area (Å²) in [5.74, 6) is -0.296. The van der Waals surface area contributed by atoms with Crippen molar-refractivity contribution in [1.82, 2.24) is 0 Å². The molecule has 0 radical (unpaired) electrons. The zero-order chi connectivity index (χ0) is 12.7. The van der Waals surface area contributed by atoms with Gasteiger partial charge in [-0.05, 0) is 18.6 Å². The third kappa shape index (κ3) is 3.92. The van der Waals surface area contributed by atoms with E-state index < -0.39 is 5.97 Å². The SMILES string of the molecule is CC/C(=C\c1ccccc1OCOC)C(=O)O. The first-order valence-corrected chi connectivity index (χ1v) is 5.33. The average molecular weight is 236 g/mol. The molecule has 92 valence electrons. The summed E-state index contributed by atoms with van der Waals surface area (Å²) in [5, 5.41) is 8.97. The maximum atomic E-state index is 10.9. The predicted molar refractivity (Wildman–Crippen MR) is 64.8 cm³/mol. The number of carbonyl (C=O) groups is 1. The van der Waals surface area contributed by atoms with Crippen molar-refractivity contribution in [3.8, 4) is 5.75 Å². The molecule has 0 aliphatic carbocycles. The summed E-state index contributed by atoms with van der Waals surface area (Å²) in [6.07, 6.45) is 2.08. The van der Waals surface area contributed by atoms with Gasteiger partial charge < -0.3 is 14.6 Å². The van der Waals surface area contributed by atoms with Gasteiger partial charge in [0.2, 0.25) is 0 Å². The third-order valence-corrected chi connectivity index (χ3v) is 2.24. The standard InChI is InChI=1S/C13H16O4/c1-3-10(13(14)15)8-11-6-4-5-7-12(11)17-9-16-2/h4-8H,3,9H2,1-2H3,(H,14,15)/b10-8+. The minimum Gasteiger partial charge on any atom is -0.478 e. The van der Waals surface area contributed by atoms with Crippen LogP contribution >= 0.6 is 0 Å². The van der Waals surface area contributed by atoms with E-state index in [0.29, 0.717) is 17.7 Å². The lowest BCUT2D eigenvalue weighted by atomic mass is 10.1. The molecule has 0 fully saturated rings. The maximum Gasteiger partial charge on any atom is 0.331 e. The van der Waals surface area contributed by atoms with Gasteiger partial charge in [0.15, 0.2) is 6.79 Å². The van der Waals surface area contributed by atoms with Crippen molar-refractivity contribution in [2.24, 2.45) is 0 Å². The van der Waals surface area contributed by atoms with E-state index in [1.807, 2.05) is 18.2 Å². The first kappa shape index (κ1) is 13.3. The number of para-hydroxylation sites is 1. The molecule has 0 amide bonds. The number of benzene rings is 1. The largest absolute Gasteiger partial charge is 0.478 e. The van der Waals surface area contributed by atoms with E-state index in [-0.39, 0.29) is 6.79 Å². The van der Waals surface area contributed by atoms with Gasteiger partial charge in [-0.1, -0.05) is 25.1 Å². The van der Waals surface area contributed by atoms with Gasteiger partial charge in [-0.15, -0.1) is 0 Å². The summed E-state index contributed by atoms with van der Waals surface area (Å²) in [5.41, 5.74) is 1.09. The minimum atomic E-state index is -0.908. The van der Waals surface area contributed by atoms with Crippen LogP contribution in [0, 0.1) is 0 Å². The van der Waals surface area contributed by atoms with Crippen molar-refractivity contribution in [2.75, 3.05) is 13.9 Å². The lowest BCUT2D eigenvalue weighted by molar-refractivity contribution is -0.132. The van der Waals surface area contributed by atoms with Gasteiger partial charge in [-0.3, -0.25) is 0 Å². The molecule has 17 heavy (non-hydrogen) atoms. The maximum absolute atomic E-state index is 10.9. The Labute approximate surface area is 100 Å². The Bertz CT molecular complexity index is 410. The molecular weight excluding hydrogens is 220 g/mol.